The van der Waals surface area contributed by atoms with Crippen molar-refractivity contribution in [3.05, 3.63) is 6.92 Å². The van der Waals surface area contributed by atoms with Crippen LogP contribution >= 0.6 is 23.2 Å². The van der Waals surface area contributed by atoms with E-state index >= 15 is 0 Å². The van der Waals surface area contributed by atoms with Gasteiger partial charge in [-0.2, -0.15) is 11.6 Å². The van der Waals surface area contributed by atoms with E-state index in [9.17, 15) is 0 Å². The summed E-state index contributed by atoms with van der Waals surface area (Å²) in [4.78, 5) is 9.00. The Hall–Kier alpha value is 0.556. The quantitative estimate of drug-likeness (QED) is 0.485. The fourth-order valence-corrected chi connectivity index (χ4v) is 0.804. The summed E-state index contributed by atoms with van der Waals surface area (Å²) < 4.78 is 0. The van der Waals surface area contributed by atoms with Crippen LogP contribution in [0.1, 0.15) is 26.2 Å². The predicted molar refractivity (Wildman–Crippen MR) is 52.9 cm³/mol. The molecule has 1 atom stereocenters. The number of carboxylic acid groups (broad SMARTS) is 1. The molecular formula is C8H15Cl2CoO2-. The monoisotopic (exact) mass is 272 g/mol. The normalized spacial score (nSPS) is 10.5. The fraction of sp³-hybridized carbons (Fsp3) is 0.750. The molecule has 0 aromatic heterocycles. The van der Waals surface area contributed by atoms with Crippen LogP contribution in [-0.2, 0) is 21.6 Å². The largest absolute Gasteiger partial charge is 0.481 e. The number of hydrogen-bond acceptors (Lipinski definition) is 1. The molecule has 0 heterocycles. The van der Waals surface area contributed by atoms with Crippen LogP contribution in [0.5, 0.6) is 0 Å². The molecule has 0 aromatic rings. The molecule has 0 saturated heterocycles. The number of alkyl halides is 2. The van der Waals surface area contributed by atoms with Crippen molar-refractivity contribution in [1.29, 1.82) is 0 Å². The Morgan fingerprint density at radius 3 is 2.15 bits per heavy atom. The summed E-state index contributed by atoms with van der Waals surface area (Å²) in [6.45, 7) is 4.72. The van der Waals surface area contributed by atoms with E-state index in [1.165, 1.54) is 0 Å². The van der Waals surface area contributed by atoms with Gasteiger partial charge in [-0.15, -0.1) is 11.6 Å². The van der Waals surface area contributed by atoms with E-state index in [-0.39, 0.29) is 22.2 Å². The van der Waals surface area contributed by atoms with Gasteiger partial charge in [0.2, 0.25) is 0 Å². The Morgan fingerprint density at radius 2 is 1.92 bits per heavy atom. The minimum absolute atomic E-state index is 0. The summed E-state index contributed by atoms with van der Waals surface area (Å²) in [5, 5.41) is 7.48. The second kappa shape index (κ2) is 15.0. The zero-order valence-electron chi connectivity index (χ0n) is 7.56. The number of hydrogen-bond donors (Lipinski definition) is 1. The second-order valence-corrected chi connectivity index (χ2v) is 3.30. The molecule has 0 saturated carbocycles. The molecule has 13 heavy (non-hydrogen) atoms. The zero-order valence-corrected chi connectivity index (χ0v) is 10.1. The Balaban J connectivity index is -0.000000173. The smallest absolute Gasteiger partial charge is 0.300 e. The van der Waals surface area contributed by atoms with Crippen molar-refractivity contribution in [3.8, 4) is 0 Å². The third kappa shape index (κ3) is 45.3. The summed E-state index contributed by atoms with van der Waals surface area (Å²) in [5.41, 5.74) is 0. The van der Waals surface area contributed by atoms with Crippen molar-refractivity contribution in [1.82, 2.24) is 0 Å². The van der Waals surface area contributed by atoms with E-state index in [4.69, 9.17) is 33.1 Å². The Labute approximate surface area is 100 Å². The molecule has 0 amide bonds. The minimum Gasteiger partial charge on any atom is -0.481 e. The number of rotatable bonds is 4. The first kappa shape index (κ1) is 19.2. The fourth-order valence-electron chi connectivity index (χ4n) is 0.460. The Kier molecular flexibility index (Phi) is 22.2. The molecule has 0 aliphatic carbocycles. The van der Waals surface area contributed by atoms with Crippen LogP contribution in [0, 0.1) is 6.92 Å². The Morgan fingerprint density at radius 1 is 1.54 bits per heavy atom. The number of unbranched alkanes of at least 4 members (excludes halogenated alkanes) is 1. The van der Waals surface area contributed by atoms with Crippen LogP contribution in [0.25, 0.3) is 0 Å². The molecule has 0 aromatic carbocycles. The topological polar surface area (TPSA) is 37.3 Å². The van der Waals surface area contributed by atoms with E-state index in [2.05, 4.69) is 6.92 Å². The number of halogens is 2. The maximum absolute atomic E-state index is 9.00. The molecule has 0 bridgehead atoms. The molecule has 0 spiro atoms. The van der Waals surface area contributed by atoms with Crippen LogP contribution in [-0.4, -0.2) is 22.3 Å². The van der Waals surface area contributed by atoms with Crippen LogP contribution in [0.2, 0.25) is 0 Å². The van der Waals surface area contributed by atoms with E-state index in [1.54, 1.807) is 0 Å². The van der Waals surface area contributed by atoms with Crippen molar-refractivity contribution in [2.45, 2.75) is 31.6 Å². The van der Waals surface area contributed by atoms with Crippen LogP contribution in [0.3, 0.4) is 0 Å². The molecule has 1 radical (unpaired) electrons. The molecule has 1 unspecified atom stereocenters. The van der Waals surface area contributed by atoms with E-state index < -0.39 is 5.97 Å². The summed E-state index contributed by atoms with van der Waals surface area (Å²) >= 11 is 11.0. The van der Waals surface area contributed by atoms with Crippen molar-refractivity contribution in [2.24, 2.45) is 0 Å². The van der Waals surface area contributed by atoms with Crippen LogP contribution < -0.4 is 0 Å². The van der Waals surface area contributed by atoms with Gasteiger partial charge in [0.1, 0.15) is 0 Å². The van der Waals surface area contributed by atoms with Crippen molar-refractivity contribution < 1.29 is 26.7 Å². The molecule has 83 valence electrons. The van der Waals surface area contributed by atoms with Crippen LogP contribution in [0.15, 0.2) is 0 Å². The summed E-state index contributed by atoms with van der Waals surface area (Å²) in [6.07, 6.45) is 3.13. The molecule has 0 aliphatic heterocycles. The average Bonchev–Trinajstić information content (AvgIpc) is 1.86. The molecule has 0 fully saturated rings. The van der Waals surface area contributed by atoms with Gasteiger partial charge in [0.05, 0.1) is 0 Å². The summed E-state index contributed by atoms with van der Waals surface area (Å²) in [5.74, 6) is -0.0936. The molecule has 0 aliphatic rings. The van der Waals surface area contributed by atoms with E-state index in [0.29, 0.717) is 0 Å². The third-order valence-corrected chi connectivity index (χ3v) is 1.39. The maximum atomic E-state index is 9.00. The van der Waals surface area contributed by atoms with Crippen molar-refractivity contribution in [3.63, 3.8) is 0 Å². The van der Waals surface area contributed by atoms with Gasteiger partial charge in [-0.25, -0.2) is 0 Å². The molecule has 0 rings (SSSR count). The van der Waals surface area contributed by atoms with Crippen molar-refractivity contribution in [2.75, 3.05) is 5.88 Å². The zero-order chi connectivity index (χ0) is 9.98. The first-order chi connectivity index (χ1) is 5.50. The first-order valence-electron chi connectivity index (χ1n) is 3.73. The minimum atomic E-state index is -0.833. The molecule has 1 N–H and O–H groups in total. The van der Waals surface area contributed by atoms with Crippen molar-refractivity contribution >= 4 is 29.2 Å². The molecular weight excluding hydrogens is 258 g/mol. The van der Waals surface area contributed by atoms with E-state index in [0.717, 1.165) is 32.1 Å². The number of aliphatic carboxylic acids is 1. The molecule has 2 nitrogen and oxygen atoms in total. The Bertz CT molecular complexity index is 106. The van der Waals surface area contributed by atoms with Gasteiger partial charge in [-0.3, -0.25) is 4.79 Å². The van der Waals surface area contributed by atoms with Gasteiger partial charge in [0.15, 0.2) is 0 Å². The SMILES string of the molecule is CC(=O)O.[CH2-]C(Cl)CCCCCl.[Co]. The van der Waals surface area contributed by atoms with Gasteiger partial charge in [-0.05, 0) is 6.42 Å². The van der Waals surface area contributed by atoms with Crippen LogP contribution in [0.4, 0.5) is 0 Å². The standard InChI is InChI=1S/C6H11Cl2.C2H4O2.Co/c1-6(8)4-2-3-5-7;1-2(3)4;/h6H,1-5H2;1H3,(H,3,4);/q-1;;. The van der Waals surface area contributed by atoms with Gasteiger partial charge in [0.25, 0.3) is 5.97 Å². The van der Waals surface area contributed by atoms with E-state index in [1.807, 2.05) is 0 Å². The van der Waals surface area contributed by atoms with Gasteiger partial charge < -0.3 is 12.0 Å². The first-order valence-corrected chi connectivity index (χ1v) is 4.70. The average molecular weight is 273 g/mol. The third-order valence-electron chi connectivity index (χ3n) is 0.901. The summed E-state index contributed by atoms with van der Waals surface area (Å²) in [7, 11) is 0. The maximum Gasteiger partial charge on any atom is 0.300 e. The number of carbonyl (C=O) groups is 1. The number of carboxylic acids is 1. The van der Waals surface area contributed by atoms with Gasteiger partial charge >= 0.3 is 0 Å². The predicted octanol–water partition coefficient (Wildman–Crippen LogP) is 2.93. The van der Waals surface area contributed by atoms with Gasteiger partial charge in [-0.1, -0.05) is 18.2 Å². The van der Waals surface area contributed by atoms with Gasteiger partial charge in [0, 0.05) is 29.6 Å². The molecule has 5 heteroatoms. The second-order valence-electron chi connectivity index (χ2n) is 2.30. The summed E-state index contributed by atoms with van der Waals surface area (Å²) in [6, 6.07) is 0.